The zero-order valence-electron chi connectivity index (χ0n) is 16.8. The van der Waals surface area contributed by atoms with Crippen LogP contribution in [0, 0.1) is 0 Å². The zero-order valence-corrected chi connectivity index (χ0v) is 16.8. The van der Waals surface area contributed by atoms with Gasteiger partial charge >= 0.3 is 0 Å². The van der Waals surface area contributed by atoms with Gasteiger partial charge in [-0.3, -0.25) is 9.78 Å². The van der Waals surface area contributed by atoms with Crippen LogP contribution in [0.1, 0.15) is 10.4 Å². The topological polar surface area (TPSA) is 120 Å². The van der Waals surface area contributed by atoms with E-state index in [1.165, 1.54) is 6.33 Å². The number of pyridine rings is 1. The minimum atomic E-state index is -0.527. The zero-order chi connectivity index (χ0) is 21.9. The lowest BCUT2D eigenvalue weighted by Gasteiger charge is -2.14. The first-order valence-corrected chi connectivity index (χ1v) is 9.82. The van der Waals surface area contributed by atoms with Gasteiger partial charge in [0.25, 0.3) is 5.91 Å². The summed E-state index contributed by atoms with van der Waals surface area (Å²) in [6, 6.07) is 16.6. The van der Waals surface area contributed by atoms with Crippen LogP contribution in [0.3, 0.4) is 0 Å². The number of amides is 1. The van der Waals surface area contributed by atoms with Crippen LogP contribution in [0.2, 0.25) is 0 Å². The number of carbonyl (C=O) groups excluding carboxylic acids is 1. The van der Waals surface area contributed by atoms with Crippen LogP contribution < -0.4 is 11.1 Å². The number of primary amides is 1. The summed E-state index contributed by atoms with van der Waals surface area (Å²) in [7, 11) is 0. The predicted octanol–water partition coefficient (Wildman–Crippen LogP) is 3.99. The Labute approximate surface area is 183 Å². The van der Waals surface area contributed by atoms with E-state index in [9.17, 15) is 4.79 Å². The molecule has 0 saturated carbocycles. The number of hydrogen-bond acceptors (Lipinski definition) is 7. The van der Waals surface area contributed by atoms with E-state index in [2.05, 4.69) is 20.3 Å². The minimum Gasteiger partial charge on any atom is -0.366 e. The molecular formula is C24H17N7O. The molecule has 0 bridgehead atoms. The van der Waals surface area contributed by atoms with Gasteiger partial charge in [-0.1, -0.05) is 18.2 Å². The molecule has 5 rings (SSSR count). The molecule has 0 radical (unpaired) electrons. The van der Waals surface area contributed by atoms with Gasteiger partial charge in [0.1, 0.15) is 12.1 Å². The highest BCUT2D eigenvalue weighted by atomic mass is 16.1. The van der Waals surface area contributed by atoms with Crippen LogP contribution >= 0.6 is 0 Å². The second-order valence-electron chi connectivity index (χ2n) is 7.03. The maximum Gasteiger partial charge on any atom is 0.250 e. The number of anilines is 2. The van der Waals surface area contributed by atoms with Crippen LogP contribution in [0.4, 0.5) is 11.5 Å². The van der Waals surface area contributed by atoms with Crippen LogP contribution in [-0.4, -0.2) is 30.8 Å². The van der Waals surface area contributed by atoms with Gasteiger partial charge in [0, 0.05) is 41.3 Å². The Kier molecular flexibility index (Phi) is 4.93. The molecule has 0 aliphatic carbocycles. The lowest BCUT2D eigenvalue weighted by Crippen LogP contribution is -2.13. The van der Waals surface area contributed by atoms with Crippen LogP contribution in [-0.2, 0) is 0 Å². The standard InChI is InChI=1S/C24H17N7O/c25-22(32)18-5-1-2-6-20(18)30-24-19-10-15(17-12-27-14-28-13-17)7-8-21(19)29-23(31-24)16-4-3-9-26-11-16/h1-14H,(H2,25,32)(H,29,30,31). The fourth-order valence-corrected chi connectivity index (χ4v) is 3.41. The number of nitrogens with two attached hydrogens (primary N) is 1. The average Bonchev–Trinajstić information content (AvgIpc) is 2.85. The molecule has 0 spiro atoms. The summed E-state index contributed by atoms with van der Waals surface area (Å²) < 4.78 is 0. The third-order valence-electron chi connectivity index (χ3n) is 4.95. The number of nitrogens with one attached hydrogen (secondary N) is 1. The molecule has 0 aliphatic rings. The van der Waals surface area contributed by atoms with Gasteiger partial charge in [0.15, 0.2) is 5.82 Å². The number of hydrogen-bond donors (Lipinski definition) is 2. The first kappa shape index (κ1) is 19.3. The van der Waals surface area contributed by atoms with Crippen molar-refractivity contribution in [2.45, 2.75) is 0 Å². The summed E-state index contributed by atoms with van der Waals surface area (Å²) in [4.78, 5) is 33.8. The number of fused-ring (bicyclic) bond motifs is 1. The molecule has 154 valence electrons. The SMILES string of the molecule is NC(=O)c1ccccc1Nc1nc(-c2cccnc2)nc2ccc(-c3cncnc3)cc12. The van der Waals surface area contributed by atoms with Crippen molar-refractivity contribution < 1.29 is 4.79 Å². The molecule has 8 heteroatoms. The van der Waals surface area contributed by atoms with Crippen molar-refractivity contribution in [1.29, 1.82) is 0 Å². The Morgan fingerprint density at radius 2 is 1.62 bits per heavy atom. The Morgan fingerprint density at radius 3 is 2.41 bits per heavy atom. The number of rotatable bonds is 5. The molecule has 0 atom stereocenters. The van der Waals surface area contributed by atoms with E-state index in [1.807, 2.05) is 36.4 Å². The van der Waals surface area contributed by atoms with E-state index < -0.39 is 5.91 Å². The molecule has 32 heavy (non-hydrogen) atoms. The Balaban J connectivity index is 1.71. The molecule has 0 saturated heterocycles. The van der Waals surface area contributed by atoms with Gasteiger partial charge in [-0.15, -0.1) is 0 Å². The summed E-state index contributed by atoms with van der Waals surface area (Å²) in [5.41, 5.74) is 9.80. The molecule has 0 aliphatic heterocycles. The Morgan fingerprint density at radius 1 is 0.812 bits per heavy atom. The van der Waals surface area contributed by atoms with Crippen molar-refractivity contribution in [3.63, 3.8) is 0 Å². The summed E-state index contributed by atoms with van der Waals surface area (Å²) >= 11 is 0. The quantitative estimate of drug-likeness (QED) is 0.442. The Hall–Kier alpha value is -4.72. The van der Waals surface area contributed by atoms with E-state index >= 15 is 0 Å². The normalized spacial score (nSPS) is 10.8. The number of para-hydroxylation sites is 1. The fourth-order valence-electron chi connectivity index (χ4n) is 3.41. The first-order valence-electron chi connectivity index (χ1n) is 9.82. The van der Waals surface area contributed by atoms with E-state index in [-0.39, 0.29) is 0 Å². The highest BCUT2D eigenvalue weighted by Gasteiger charge is 2.14. The van der Waals surface area contributed by atoms with E-state index in [0.29, 0.717) is 22.9 Å². The van der Waals surface area contributed by atoms with Gasteiger partial charge in [-0.25, -0.2) is 19.9 Å². The van der Waals surface area contributed by atoms with Crippen molar-refractivity contribution in [1.82, 2.24) is 24.9 Å². The summed E-state index contributed by atoms with van der Waals surface area (Å²) in [6.45, 7) is 0. The lowest BCUT2D eigenvalue weighted by molar-refractivity contribution is 0.100. The minimum absolute atomic E-state index is 0.370. The van der Waals surface area contributed by atoms with Crippen LogP contribution in [0.15, 0.2) is 85.7 Å². The van der Waals surface area contributed by atoms with Crippen molar-refractivity contribution >= 4 is 28.3 Å². The monoisotopic (exact) mass is 419 g/mol. The number of carbonyl (C=O) groups is 1. The highest BCUT2D eigenvalue weighted by molar-refractivity contribution is 6.01. The molecule has 0 unspecified atom stereocenters. The van der Waals surface area contributed by atoms with Gasteiger partial charge in [0.2, 0.25) is 0 Å². The molecule has 0 fully saturated rings. The lowest BCUT2D eigenvalue weighted by atomic mass is 10.1. The molecule has 3 aromatic heterocycles. The van der Waals surface area contributed by atoms with Crippen LogP contribution in [0.5, 0.6) is 0 Å². The fraction of sp³-hybridized carbons (Fsp3) is 0. The predicted molar refractivity (Wildman–Crippen MR) is 122 cm³/mol. The summed E-state index contributed by atoms with van der Waals surface area (Å²) in [5.74, 6) is 0.530. The van der Waals surface area contributed by atoms with Crippen molar-refractivity contribution in [2.75, 3.05) is 5.32 Å². The number of benzene rings is 2. The highest BCUT2D eigenvalue weighted by Crippen LogP contribution is 2.31. The molecule has 2 aromatic carbocycles. The smallest absolute Gasteiger partial charge is 0.250 e. The number of aromatic nitrogens is 5. The van der Waals surface area contributed by atoms with Gasteiger partial charge < -0.3 is 11.1 Å². The molecular weight excluding hydrogens is 402 g/mol. The molecule has 1 amide bonds. The maximum atomic E-state index is 11.9. The van der Waals surface area contributed by atoms with Crippen molar-refractivity contribution in [3.8, 4) is 22.5 Å². The van der Waals surface area contributed by atoms with E-state index in [4.69, 9.17) is 15.7 Å². The molecule has 3 heterocycles. The van der Waals surface area contributed by atoms with E-state index in [1.54, 1.807) is 43.0 Å². The maximum absolute atomic E-state index is 11.9. The van der Waals surface area contributed by atoms with Crippen LogP contribution in [0.25, 0.3) is 33.4 Å². The van der Waals surface area contributed by atoms with Gasteiger partial charge in [0.05, 0.1) is 16.8 Å². The van der Waals surface area contributed by atoms with Gasteiger partial charge in [-0.2, -0.15) is 0 Å². The summed E-state index contributed by atoms with van der Waals surface area (Å²) in [5, 5.41) is 4.06. The van der Waals surface area contributed by atoms with E-state index in [0.717, 1.165) is 27.6 Å². The second-order valence-corrected chi connectivity index (χ2v) is 7.03. The second kappa shape index (κ2) is 8.19. The first-order chi connectivity index (χ1) is 15.7. The largest absolute Gasteiger partial charge is 0.366 e. The number of nitrogens with zero attached hydrogens (tertiary/aromatic N) is 5. The van der Waals surface area contributed by atoms with Crippen molar-refractivity contribution in [2.24, 2.45) is 5.73 Å². The third kappa shape index (κ3) is 3.72. The van der Waals surface area contributed by atoms with Gasteiger partial charge in [-0.05, 0) is 42.0 Å². The average molecular weight is 419 g/mol. The third-order valence-corrected chi connectivity index (χ3v) is 4.95. The molecule has 5 aromatic rings. The summed E-state index contributed by atoms with van der Waals surface area (Å²) in [6.07, 6.45) is 8.38. The molecule has 8 nitrogen and oxygen atoms in total. The Bertz CT molecular complexity index is 1420. The molecule has 3 N–H and O–H groups in total. The van der Waals surface area contributed by atoms with Crippen molar-refractivity contribution in [3.05, 3.63) is 91.3 Å².